The summed E-state index contributed by atoms with van der Waals surface area (Å²) in [5.41, 5.74) is 7.64. The van der Waals surface area contributed by atoms with Crippen LogP contribution in [0.4, 0.5) is 0 Å². The highest BCUT2D eigenvalue weighted by Crippen LogP contribution is 2.41. The quantitative estimate of drug-likeness (QED) is 0.750. The Kier molecular flexibility index (Phi) is 5.58. The smallest absolute Gasteiger partial charge is 0.340 e. The maximum atomic E-state index is 13.6. The summed E-state index contributed by atoms with van der Waals surface area (Å²) in [6.45, 7) is 2.97. The molecule has 2 aliphatic heterocycles. The summed E-state index contributed by atoms with van der Waals surface area (Å²) in [5, 5.41) is 0.482. The fourth-order valence-electron chi connectivity index (χ4n) is 4.13. The molecule has 3 heterocycles. The lowest BCUT2D eigenvalue weighted by Crippen LogP contribution is -2.36. The highest BCUT2D eigenvalue weighted by atomic mass is 35.5. The average molecular weight is 431 g/mol. The Hall–Kier alpha value is -2.77. The number of fused-ring (bicyclic) bond motifs is 1. The van der Waals surface area contributed by atoms with Crippen LogP contribution in [0.3, 0.4) is 0 Å². The second kappa shape index (κ2) is 8.16. The summed E-state index contributed by atoms with van der Waals surface area (Å²) in [5.74, 6) is -1.18. The number of pyridine rings is 1. The summed E-state index contributed by atoms with van der Waals surface area (Å²) >= 11 is 6.20. The number of esters is 1. The predicted molar refractivity (Wildman–Crippen MR) is 112 cm³/mol. The Morgan fingerprint density at radius 3 is 2.83 bits per heavy atom. The fraction of sp³-hybridized carbons (Fsp3) is 0.364. The third kappa shape index (κ3) is 3.59. The molecule has 2 N–H and O–H groups in total. The highest BCUT2D eigenvalue weighted by Gasteiger charge is 2.38. The molecule has 1 fully saturated rings. The van der Waals surface area contributed by atoms with Gasteiger partial charge in [0.15, 0.2) is 0 Å². The standard InChI is InChI=1S/C22H23ClN2O5/c1-12-9-16-18(21(26)25(12)11-15-7-4-8-29-15)17(13-5-3-6-14(23)10-13)19(20(24)30-16)22(27)28-2/h3,5-6,9-10,15,17H,4,7-8,11,24H2,1-2H3/t15-,17+/m0/s1. The number of halogens is 1. The molecular weight excluding hydrogens is 408 g/mol. The largest absolute Gasteiger partial charge is 0.465 e. The van der Waals surface area contributed by atoms with Crippen LogP contribution in [0.25, 0.3) is 0 Å². The van der Waals surface area contributed by atoms with Crippen molar-refractivity contribution in [3.05, 3.63) is 74.0 Å². The first-order chi connectivity index (χ1) is 14.4. The van der Waals surface area contributed by atoms with E-state index < -0.39 is 11.9 Å². The number of benzene rings is 1. The molecule has 158 valence electrons. The lowest BCUT2D eigenvalue weighted by Gasteiger charge is -2.29. The van der Waals surface area contributed by atoms with Crippen LogP contribution in [0.1, 0.15) is 35.6 Å². The van der Waals surface area contributed by atoms with E-state index in [-0.39, 0.29) is 23.1 Å². The molecule has 8 heteroatoms. The summed E-state index contributed by atoms with van der Waals surface area (Å²) in [6.07, 6.45) is 1.86. The molecule has 0 unspecified atom stereocenters. The third-order valence-electron chi connectivity index (χ3n) is 5.57. The van der Waals surface area contributed by atoms with Crippen LogP contribution < -0.4 is 16.0 Å². The van der Waals surface area contributed by atoms with Gasteiger partial charge >= 0.3 is 5.97 Å². The summed E-state index contributed by atoms with van der Waals surface area (Å²) in [4.78, 5) is 26.2. The van der Waals surface area contributed by atoms with Gasteiger partial charge in [-0.15, -0.1) is 0 Å². The minimum Gasteiger partial charge on any atom is -0.465 e. The van der Waals surface area contributed by atoms with E-state index in [0.717, 1.165) is 18.5 Å². The molecule has 2 aliphatic rings. The number of ether oxygens (including phenoxy) is 3. The van der Waals surface area contributed by atoms with E-state index in [1.165, 1.54) is 7.11 Å². The number of carbonyl (C=O) groups is 1. The number of carbonyl (C=O) groups excluding carboxylic acids is 1. The van der Waals surface area contributed by atoms with Gasteiger partial charge in [-0.1, -0.05) is 23.7 Å². The molecule has 0 aliphatic carbocycles. The normalized spacial score (nSPS) is 20.6. The van der Waals surface area contributed by atoms with Gasteiger partial charge < -0.3 is 24.5 Å². The van der Waals surface area contributed by atoms with E-state index in [4.69, 9.17) is 31.5 Å². The fourth-order valence-corrected chi connectivity index (χ4v) is 4.33. The minimum absolute atomic E-state index is 0.0192. The van der Waals surface area contributed by atoms with Crippen LogP contribution >= 0.6 is 11.6 Å². The lowest BCUT2D eigenvalue weighted by molar-refractivity contribution is -0.136. The number of rotatable bonds is 4. The number of hydrogen-bond acceptors (Lipinski definition) is 6. The van der Waals surface area contributed by atoms with Crippen LogP contribution in [0.5, 0.6) is 5.75 Å². The van der Waals surface area contributed by atoms with Gasteiger partial charge in [0, 0.05) is 23.4 Å². The topological polar surface area (TPSA) is 92.8 Å². The van der Waals surface area contributed by atoms with Crippen molar-refractivity contribution in [1.82, 2.24) is 4.57 Å². The zero-order chi connectivity index (χ0) is 21.4. The molecule has 1 saturated heterocycles. The molecule has 0 radical (unpaired) electrons. The van der Waals surface area contributed by atoms with E-state index in [1.54, 1.807) is 34.9 Å². The van der Waals surface area contributed by atoms with Gasteiger partial charge in [0.1, 0.15) is 11.3 Å². The van der Waals surface area contributed by atoms with Crippen molar-refractivity contribution in [2.75, 3.05) is 13.7 Å². The second-order valence-electron chi connectivity index (χ2n) is 7.47. The highest BCUT2D eigenvalue weighted by molar-refractivity contribution is 6.30. The van der Waals surface area contributed by atoms with Gasteiger partial charge in [-0.3, -0.25) is 4.79 Å². The van der Waals surface area contributed by atoms with E-state index in [0.29, 0.717) is 35.1 Å². The maximum absolute atomic E-state index is 13.6. The van der Waals surface area contributed by atoms with Gasteiger partial charge in [0.05, 0.1) is 31.2 Å². The van der Waals surface area contributed by atoms with Crippen LogP contribution in [0, 0.1) is 6.92 Å². The summed E-state index contributed by atoms with van der Waals surface area (Å²) in [7, 11) is 1.26. The molecule has 1 aromatic heterocycles. The summed E-state index contributed by atoms with van der Waals surface area (Å²) < 4.78 is 18.0. The zero-order valence-corrected chi connectivity index (χ0v) is 17.6. The van der Waals surface area contributed by atoms with Crippen molar-refractivity contribution >= 4 is 17.6 Å². The zero-order valence-electron chi connectivity index (χ0n) is 16.8. The average Bonchev–Trinajstić information content (AvgIpc) is 3.23. The van der Waals surface area contributed by atoms with Crippen molar-refractivity contribution in [2.24, 2.45) is 5.73 Å². The van der Waals surface area contributed by atoms with Crippen molar-refractivity contribution < 1.29 is 19.0 Å². The number of nitrogens with two attached hydrogens (primary N) is 1. The molecule has 2 aromatic rings. The molecule has 2 atom stereocenters. The van der Waals surface area contributed by atoms with Crippen LogP contribution in [-0.4, -0.2) is 30.4 Å². The van der Waals surface area contributed by atoms with Gasteiger partial charge in [-0.25, -0.2) is 4.79 Å². The van der Waals surface area contributed by atoms with E-state index >= 15 is 0 Å². The molecule has 7 nitrogen and oxygen atoms in total. The Bertz CT molecular complexity index is 1090. The third-order valence-corrected chi connectivity index (χ3v) is 5.80. The van der Waals surface area contributed by atoms with Gasteiger partial charge in [-0.2, -0.15) is 0 Å². The first-order valence-electron chi connectivity index (χ1n) is 9.78. The number of aryl methyl sites for hydroxylation is 1. The molecule has 0 spiro atoms. The van der Waals surface area contributed by atoms with Gasteiger partial charge in [-0.05, 0) is 37.5 Å². The van der Waals surface area contributed by atoms with Crippen LogP contribution in [0.15, 0.2) is 46.6 Å². The van der Waals surface area contributed by atoms with Crippen LogP contribution in [0.2, 0.25) is 5.02 Å². The second-order valence-corrected chi connectivity index (χ2v) is 7.91. The van der Waals surface area contributed by atoms with Gasteiger partial charge in [0.2, 0.25) is 5.88 Å². The van der Waals surface area contributed by atoms with E-state index in [1.807, 2.05) is 6.92 Å². The number of nitrogens with zero attached hydrogens (tertiary/aromatic N) is 1. The molecule has 1 aromatic carbocycles. The summed E-state index contributed by atoms with van der Waals surface area (Å²) in [6, 6.07) is 8.76. The SMILES string of the molecule is COC(=O)C1=C(N)Oc2cc(C)n(C[C@@H]3CCCO3)c(=O)c2[C@H]1c1cccc(Cl)c1. The van der Waals surface area contributed by atoms with Crippen molar-refractivity contribution in [3.8, 4) is 5.75 Å². The first-order valence-corrected chi connectivity index (χ1v) is 10.2. The number of methoxy groups -OCH3 is 1. The molecule has 0 amide bonds. The first kappa shape index (κ1) is 20.5. The lowest BCUT2D eigenvalue weighted by atomic mass is 9.83. The Balaban J connectivity index is 1.92. The Morgan fingerprint density at radius 1 is 1.37 bits per heavy atom. The van der Waals surface area contributed by atoms with Crippen molar-refractivity contribution in [3.63, 3.8) is 0 Å². The Morgan fingerprint density at radius 2 is 2.17 bits per heavy atom. The molecule has 30 heavy (non-hydrogen) atoms. The number of aromatic nitrogens is 1. The predicted octanol–water partition coefficient (Wildman–Crippen LogP) is 2.86. The maximum Gasteiger partial charge on any atom is 0.340 e. The Labute approximate surface area is 179 Å². The minimum atomic E-state index is -0.760. The molecule has 0 bridgehead atoms. The van der Waals surface area contributed by atoms with Crippen LogP contribution in [-0.2, 0) is 20.8 Å². The molecule has 4 rings (SSSR count). The van der Waals surface area contributed by atoms with Crippen molar-refractivity contribution in [2.45, 2.75) is 38.3 Å². The molecular formula is C22H23ClN2O5. The van der Waals surface area contributed by atoms with Gasteiger partial charge in [0.25, 0.3) is 5.56 Å². The number of hydrogen-bond donors (Lipinski definition) is 1. The van der Waals surface area contributed by atoms with E-state index in [9.17, 15) is 9.59 Å². The van der Waals surface area contributed by atoms with Crippen molar-refractivity contribution in [1.29, 1.82) is 0 Å². The molecule has 0 saturated carbocycles. The van der Waals surface area contributed by atoms with E-state index in [2.05, 4.69) is 0 Å². The monoisotopic (exact) mass is 430 g/mol.